The second-order valence-electron chi connectivity index (χ2n) is 8.64. The van der Waals surface area contributed by atoms with E-state index >= 15 is 0 Å². The van der Waals surface area contributed by atoms with Crippen molar-refractivity contribution in [1.82, 2.24) is 4.90 Å². The average molecular weight is 456 g/mol. The number of methoxy groups -OCH3 is 1. The van der Waals surface area contributed by atoms with E-state index in [-0.39, 0.29) is 17.6 Å². The molecule has 7 nitrogen and oxygen atoms in total. The normalized spacial score (nSPS) is 30.7. The predicted molar refractivity (Wildman–Crippen MR) is 114 cm³/mol. The highest BCUT2D eigenvalue weighted by molar-refractivity contribution is 6.32. The van der Waals surface area contributed by atoms with E-state index in [0.29, 0.717) is 35.0 Å². The summed E-state index contributed by atoms with van der Waals surface area (Å²) in [4.78, 5) is 44.2. The van der Waals surface area contributed by atoms with E-state index in [0.717, 1.165) is 11.3 Å². The van der Waals surface area contributed by atoms with E-state index in [1.807, 2.05) is 4.90 Å². The largest absolute Gasteiger partial charge is 0.495 e. The maximum absolute atomic E-state index is 14.3. The zero-order chi connectivity index (χ0) is 22.4. The van der Waals surface area contributed by atoms with Crippen LogP contribution in [-0.2, 0) is 19.9 Å². The van der Waals surface area contributed by atoms with E-state index < -0.39 is 35.0 Å². The van der Waals surface area contributed by atoms with Crippen molar-refractivity contribution in [1.29, 1.82) is 0 Å². The summed E-state index contributed by atoms with van der Waals surface area (Å²) in [6.07, 6.45) is 1.47. The van der Waals surface area contributed by atoms with Crippen LogP contribution in [0.2, 0.25) is 5.02 Å². The molecule has 3 fully saturated rings. The number of benzene rings is 2. The number of nitrogens with one attached hydrogen (secondary N) is 1. The van der Waals surface area contributed by atoms with Crippen LogP contribution < -0.4 is 15.0 Å². The van der Waals surface area contributed by atoms with Gasteiger partial charge in [-0.15, -0.1) is 0 Å². The van der Waals surface area contributed by atoms with Gasteiger partial charge in [-0.1, -0.05) is 11.6 Å². The van der Waals surface area contributed by atoms with Crippen molar-refractivity contribution >= 4 is 40.7 Å². The minimum Gasteiger partial charge on any atom is -0.495 e. The minimum atomic E-state index is -1.42. The van der Waals surface area contributed by atoms with Crippen molar-refractivity contribution in [3.63, 3.8) is 0 Å². The Labute approximate surface area is 188 Å². The molecule has 0 bridgehead atoms. The number of anilines is 2. The highest BCUT2D eigenvalue weighted by atomic mass is 35.5. The Morgan fingerprint density at radius 1 is 1.16 bits per heavy atom. The molecule has 1 spiro atoms. The first-order valence-corrected chi connectivity index (χ1v) is 10.9. The van der Waals surface area contributed by atoms with Gasteiger partial charge in [-0.2, -0.15) is 0 Å². The molecule has 0 aliphatic carbocycles. The van der Waals surface area contributed by atoms with Gasteiger partial charge in [-0.05, 0) is 55.8 Å². The summed E-state index contributed by atoms with van der Waals surface area (Å²) in [5.41, 5.74) is -0.275. The Morgan fingerprint density at radius 3 is 2.75 bits per heavy atom. The number of ether oxygens (including phenoxy) is 1. The first-order valence-electron chi connectivity index (χ1n) is 10.5. The monoisotopic (exact) mass is 455 g/mol. The van der Waals surface area contributed by atoms with Crippen molar-refractivity contribution in [2.24, 2.45) is 11.8 Å². The highest BCUT2D eigenvalue weighted by Gasteiger charge is 2.74. The molecule has 0 aromatic heterocycles. The van der Waals surface area contributed by atoms with Gasteiger partial charge in [-0.3, -0.25) is 19.3 Å². The molecule has 0 saturated carbocycles. The minimum absolute atomic E-state index is 0.252. The molecular formula is C23H19ClFN3O4. The van der Waals surface area contributed by atoms with Crippen LogP contribution in [0.3, 0.4) is 0 Å². The van der Waals surface area contributed by atoms with Crippen molar-refractivity contribution in [2.75, 3.05) is 23.9 Å². The van der Waals surface area contributed by atoms with Crippen LogP contribution in [0.15, 0.2) is 36.4 Å². The standard InChI is InChI=1S/C23H19ClFN3O4/c1-32-17-7-4-11(24)9-16(17)28-20(29)18-15-3-2-8-27(15)23(19(18)21(28)30)13-10-12(25)5-6-14(13)26-22(23)31/h4-7,9-10,15,18-19H,2-3,8H2,1H3,(H,26,31)/t15-,18+,19-,23-/m0/s1. The Balaban J connectivity index is 1.57. The second-order valence-corrected chi connectivity index (χ2v) is 9.08. The first-order chi connectivity index (χ1) is 15.4. The lowest BCUT2D eigenvalue weighted by atomic mass is 9.75. The van der Waals surface area contributed by atoms with Crippen molar-refractivity contribution in [3.05, 3.63) is 52.8 Å². The Kier molecular flexibility index (Phi) is 4.02. The molecule has 4 aliphatic rings. The van der Waals surface area contributed by atoms with Crippen LogP contribution in [0.1, 0.15) is 18.4 Å². The highest BCUT2D eigenvalue weighted by Crippen LogP contribution is 2.61. The lowest BCUT2D eigenvalue weighted by Crippen LogP contribution is -2.54. The third-order valence-corrected chi connectivity index (χ3v) is 7.57. The van der Waals surface area contributed by atoms with E-state index in [4.69, 9.17) is 16.3 Å². The van der Waals surface area contributed by atoms with Crippen LogP contribution >= 0.6 is 11.6 Å². The number of carbonyl (C=O) groups is 3. The van der Waals surface area contributed by atoms with Crippen molar-refractivity contribution < 1.29 is 23.5 Å². The van der Waals surface area contributed by atoms with Gasteiger partial charge in [0.15, 0.2) is 0 Å². The molecule has 1 N–H and O–H groups in total. The molecule has 4 atom stereocenters. The van der Waals surface area contributed by atoms with Gasteiger partial charge in [0.25, 0.3) is 0 Å². The quantitative estimate of drug-likeness (QED) is 0.704. The fourth-order valence-corrected chi connectivity index (χ4v) is 6.42. The summed E-state index contributed by atoms with van der Waals surface area (Å²) in [5, 5.41) is 3.18. The van der Waals surface area contributed by atoms with Crippen molar-refractivity contribution in [3.8, 4) is 5.75 Å². The lowest BCUT2D eigenvalue weighted by molar-refractivity contribution is -0.135. The summed E-state index contributed by atoms with van der Waals surface area (Å²) in [6.45, 7) is 0.558. The third-order valence-electron chi connectivity index (χ3n) is 7.34. The second kappa shape index (κ2) is 6.52. The van der Waals surface area contributed by atoms with Crippen LogP contribution in [0.4, 0.5) is 15.8 Å². The van der Waals surface area contributed by atoms with Gasteiger partial charge >= 0.3 is 0 Å². The molecule has 3 saturated heterocycles. The number of fused-ring (bicyclic) bond motifs is 7. The number of hydrogen-bond donors (Lipinski definition) is 1. The predicted octanol–water partition coefficient (Wildman–Crippen LogP) is 2.92. The number of hydrogen-bond acceptors (Lipinski definition) is 5. The Morgan fingerprint density at radius 2 is 1.97 bits per heavy atom. The number of amides is 3. The van der Waals surface area contributed by atoms with Gasteiger partial charge in [0, 0.05) is 22.3 Å². The van der Waals surface area contributed by atoms with Gasteiger partial charge in [0.2, 0.25) is 17.7 Å². The summed E-state index contributed by atoms with van der Waals surface area (Å²) < 4.78 is 19.7. The molecular weight excluding hydrogens is 437 g/mol. The maximum Gasteiger partial charge on any atom is 0.250 e. The number of halogens is 2. The Bertz CT molecular complexity index is 1220. The van der Waals surface area contributed by atoms with Gasteiger partial charge in [0.1, 0.15) is 17.1 Å². The summed E-state index contributed by atoms with van der Waals surface area (Å²) in [5.74, 6) is -3.12. The SMILES string of the molecule is COc1ccc(Cl)cc1N1C(=O)[C@H]2[C@@H](C1=O)[C@@]1(C(=O)Nc3ccc(F)cc31)N1CCC[C@@H]21. The maximum atomic E-state index is 14.3. The topological polar surface area (TPSA) is 78.9 Å². The van der Waals surface area contributed by atoms with Crippen LogP contribution in [-0.4, -0.2) is 42.3 Å². The molecule has 9 heteroatoms. The summed E-state index contributed by atoms with van der Waals surface area (Å²) in [6, 6.07) is 8.53. The molecule has 4 aliphatic heterocycles. The zero-order valence-electron chi connectivity index (χ0n) is 17.1. The van der Waals surface area contributed by atoms with E-state index in [1.165, 1.54) is 31.4 Å². The smallest absolute Gasteiger partial charge is 0.250 e. The fraction of sp³-hybridized carbons (Fsp3) is 0.348. The molecule has 4 heterocycles. The van der Waals surface area contributed by atoms with Crippen LogP contribution in [0.5, 0.6) is 5.75 Å². The van der Waals surface area contributed by atoms with E-state index in [2.05, 4.69) is 5.32 Å². The fourth-order valence-electron chi connectivity index (χ4n) is 6.25. The molecule has 6 rings (SSSR count). The molecule has 32 heavy (non-hydrogen) atoms. The number of imide groups is 1. The molecule has 3 amide bonds. The van der Waals surface area contributed by atoms with Crippen LogP contribution in [0, 0.1) is 17.7 Å². The summed E-state index contributed by atoms with van der Waals surface area (Å²) in [7, 11) is 1.45. The van der Waals surface area contributed by atoms with E-state index in [1.54, 1.807) is 12.1 Å². The Hall–Kier alpha value is -2.97. The lowest BCUT2D eigenvalue weighted by Gasteiger charge is -2.36. The third kappa shape index (κ3) is 2.21. The first kappa shape index (κ1) is 19.7. The molecule has 164 valence electrons. The molecule has 2 aromatic rings. The number of nitrogens with zero attached hydrogens (tertiary/aromatic N) is 2. The van der Waals surface area contributed by atoms with Crippen LogP contribution in [0.25, 0.3) is 0 Å². The molecule has 0 radical (unpaired) electrons. The zero-order valence-corrected chi connectivity index (χ0v) is 17.9. The van der Waals surface area contributed by atoms with Gasteiger partial charge in [-0.25, -0.2) is 9.29 Å². The van der Waals surface area contributed by atoms with Gasteiger partial charge in [0.05, 0.1) is 24.6 Å². The summed E-state index contributed by atoms with van der Waals surface area (Å²) >= 11 is 6.17. The van der Waals surface area contributed by atoms with Crippen molar-refractivity contribution in [2.45, 2.75) is 24.4 Å². The van der Waals surface area contributed by atoms with E-state index in [9.17, 15) is 18.8 Å². The number of carbonyl (C=O) groups excluding carboxylic acids is 3. The molecule has 0 unspecified atom stereocenters. The van der Waals surface area contributed by atoms with Gasteiger partial charge < -0.3 is 10.1 Å². The molecule has 2 aromatic carbocycles. The average Bonchev–Trinajstić information content (AvgIpc) is 3.46. The number of rotatable bonds is 2.